The normalized spacial score (nSPS) is 18.8. The fraction of sp³-hybridized carbons (Fsp3) is 0.385. The van der Waals surface area contributed by atoms with E-state index in [9.17, 15) is 18.0 Å². The molecule has 0 N–H and O–H groups in total. The molecule has 2 rings (SSSR count). The minimum Gasteiger partial charge on any atom is -0.465 e. The smallest absolute Gasteiger partial charge is 0.416 e. The van der Waals surface area contributed by atoms with E-state index in [2.05, 4.69) is 4.40 Å². The average Bonchev–Trinajstić information content (AvgIpc) is 2.88. The largest absolute Gasteiger partial charge is 0.465 e. The van der Waals surface area contributed by atoms with Crippen LogP contribution < -0.4 is 0 Å². The van der Waals surface area contributed by atoms with Gasteiger partial charge in [-0.2, -0.15) is 13.2 Å². The Labute approximate surface area is 118 Å². The van der Waals surface area contributed by atoms with Gasteiger partial charge in [-0.15, -0.1) is 0 Å². The van der Waals surface area contributed by atoms with E-state index in [0.29, 0.717) is 24.3 Å². The zero-order chi connectivity index (χ0) is 14.8. The molecule has 0 spiro atoms. The molecule has 20 heavy (non-hydrogen) atoms. The summed E-state index contributed by atoms with van der Waals surface area (Å²) in [5.41, 5.74) is 0.508. The van der Waals surface area contributed by atoms with Crippen LogP contribution in [0.25, 0.3) is 0 Å². The minimum atomic E-state index is -4.35. The van der Waals surface area contributed by atoms with Gasteiger partial charge in [-0.25, -0.2) is 4.40 Å². The van der Waals surface area contributed by atoms with Crippen molar-refractivity contribution in [3.63, 3.8) is 0 Å². The number of hydrogen-bond donors (Lipinski definition) is 0. The molecule has 0 amide bonds. The van der Waals surface area contributed by atoms with Crippen LogP contribution in [-0.4, -0.2) is 23.5 Å². The van der Waals surface area contributed by atoms with E-state index in [1.165, 1.54) is 12.1 Å². The summed E-state index contributed by atoms with van der Waals surface area (Å²) in [4.78, 5) is 11.5. The van der Waals surface area contributed by atoms with Crippen LogP contribution in [0.4, 0.5) is 13.2 Å². The SMILES string of the molecule is CCOC(=O)C1CC(c2ccc(C(F)(F)F)cc2)=NS1. The molecule has 1 heterocycles. The molecule has 0 saturated heterocycles. The Morgan fingerprint density at radius 3 is 2.60 bits per heavy atom. The first-order valence-corrected chi connectivity index (χ1v) is 6.82. The van der Waals surface area contributed by atoms with Crippen molar-refractivity contribution >= 4 is 23.6 Å². The number of carbonyl (C=O) groups excluding carboxylic acids is 1. The van der Waals surface area contributed by atoms with Gasteiger partial charge in [0.25, 0.3) is 0 Å². The molecule has 3 nitrogen and oxygen atoms in total. The molecule has 1 aliphatic heterocycles. The van der Waals surface area contributed by atoms with Crippen molar-refractivity contribution in [1.82, 2.24) is 0 Å². The Hall–Kier alpha value is -1.50. The molecule has 0 aliphatic carbocycles. The lowest BCUT2D eigenvalue weighted by atomic mass is 10.0. The number of benzene rings is 1. The highest BCUT2D eigenvalue weighted by atomic mass is 32.2. The molecule has 0 fully saturated rings. The first-order chi connectivity index (χ1) is 9.41. The van der Waals surface area contributed by atoms with Crippen LogP contribution in [0.5, 0.6) is 0 Å². The molecule has 0 bridgehead atoms. The summed E-state index contributed by atoms with van der Waals surface area (Å²) in [5.74, 6) is -0.344. The summed E-state index contributed by atoms with van der Waals surface area (Å²) < 4.78 is 46.4. The second-order valence-corrected chi connectivity index (χ2v) is 5.13. The Bertz CT molecular complexity index is 525. The maximum atomic E-state index is 12.5. The standard InChI is InChI=1S/C13H12F3NO2S/c1-2-19-12(18)11-7-10(17-20-11)8-3-5-9(6-4-8)13(14,15)16/h3-6,11H,2,7H2,1H3. The number of halogens is 3. The molecule has 1 aromatic rings. The van der Waals surface area contributed by atoms with Crippen molar-refractivity contribution in [1.29, 1.82) is 0 Å². The number of hydrogen-bond acceptors (Lipinski definition) is 4. The van der Waals surface area contributed by atoms with Crippen molar-refractivity contribution < 1.29 is 22.7 Å². The summed E-state index contributed by atoms with van der Waals surface area (Å²) in [6.07, 6.45) is -3.98. The maximum Gasteiger partial charge on any atom is 0.416 e. The number of alkyl halides is 3. The van der Waals surface area contributed by atoms with E-state index in [4.69, 9.17) is 4.74 Å². The highest BCUT2D eigenvalue weighted by Crippen LogP contribution is 2.32. The summed E-state index contributed by atoms with van der Waals surface area (Å²) in [7, 11) is 0. The number of nitrogens with zero attached hydrogens (tertiary/aromatic N) is 1. The molecule has 108 valence electrons. The third-order valence-corrected chi connectivity index (χ3v) is 3.70. The molecular formula is C13H12F3NO2S. The molecule has 7 heteroatoms. The first-order valence-electron chi connectivity index (χ1n) is 5.98. The van der Waals surface area contributed by atoms with E-state index in [1.54, 1.807) is 6.92 Å². The van der Waals surface area contributed by atoms with Gasteiger partial charge < -0.3 is 4.74 Å². The summed E-state index contributed by atoms with van der Waals surface area (Å²) in [6.45, 7) is 2.01. The van der Waals surface area contributed by atoms with Crippen molar-refractivity contribution in [3.8, 4) is 0 Å². The van der Waals surface area contributed by atoms with Gasteiger partial charge in [0.1, 0.15) is 5.25 Å². The Morgan fingerprint density at radius 1 is 1.40 bits per heavy atom. The van der Waals surface area contributed by atoms with E-state index >= 15 is 0 Å². The van der Waals surface area contributed by atoms with Crippen LogP contribution in [0, 0.1) is 0 Å². The lowest BCUT2D eigenvalue weighted by Crippen LogP contribution is -2.19. The van der Waals surface area contributed by atoms with Gasteiger partial charge in [-0.3, -0.25) is 4.79 Å². The fourth-order valence-corrected chi connectivity index (χ4v) is 2.58. The molecule has 1 aromatic carbocycles. The molecule has 1 atom stereocenters. The van der Waals surface area contributed by atoms with E-state index in [0.717, 1.165) is 24.1 Å². The van der Waals surface area contributed by atoms with Crippen molar-refractivity contribution in [2.75, 3.05) is 6.61 Å². The lowest BCUT2D eigenvalue weighted by Gasteiger charge is -2.08. The second kappa shape index (κ2) is 5.87. The van der Waals surface area contributed by atoms with Crippen LogP contribution in [0.2, 0.25) is 0 Å². The van der Waals surface area contributed by atoms with Gasteiger partial charge in [0.2, 0.25) is 0 Å². The van der Waals surface area contributed by atoms with Crippen LogP contribution in [-0.2, 0) is 15.7 Å². The third-order valence-electron chi connectivity index (χ3n) is 2.76. The number of carbonyl (C=O) groups is 1. The number of ether oxygens (including phenoxy) is 1. The highest BCUT2D eigenvalue weighted by molar-refractivity contribution is 7.99. The van der Waals surface area contributed by atoms with E-state index in [-0.39, 0.29) is 5.97 Å². The molecule has 0 saturated carbocycles. The second-order valence-electron chi connectivity index (χ2n) is 4.16. The van der Waals surface area contributed by atoms with Crippen molar-refractivity contribution in [2.45, 2.75) is 24.8 Å². The van der Waals surface area contributed by atoms with Crippen molar-refractivity contribution in [2.24, 2.45) is 4.40 Å². The highest BCUT2D eigenvalue weighted by Gasteiger charge is 2.31. The summed E-state index contributed by atoms with van der Waals surface area (Å²) in [5, 5.41) is -0.410. The molecule has 0 aromatic heterocycles. The molecular weight excluding hydrogens is 291 g/mol. The summed E-state index contributed by atoms with van der Waals surface area (Å²) >= 11 is 1.09. The van der Waals surface area contributed by atoms with Crippen LogP contribution in [0.1, 0.15) is 24.5 Å². The van der Waals surface area contributed by atoms with Crippen LogP contribution in [0.15, 0.2) is 28.7 Å². The van der Waals surface area contributed by atoms with E-state index in [1.807, 2.05) is 0 Å². The fourth-order valence-electron chi connectivity index (χ4n) is 1.76. The number of esters is 1. The Balaban J connectivity index is 2.05. The van der Waals surface area contributed by atoms with Crippen LogP contribution in [0.3, 0.4) is 0 Å². The van der Waals surface area contributed by atoms with Gasteiger partial charge >= 0.3 is 12.1 Å². The molecule has 1 unspecified atom stereocenters. The average molecular weight is 303 g/mol. The Kier molecular flexibility index (Phi) is 4.37. The summed E-state index contributed by atoms with van der Waals surface area (Å²) in [6, 6.07) is 4.77. The number of rotatable bonds is 3. The predicted octanol–water partition coefficient (Wildman–Crippen LogP) is 3.48. The lowest BCUT2D eigenvalue weighted by molar-refractivity contribution is -0.142. The maximum absolute atomic E-state index is 12.5. The van der Waals surface area contributed by atoms with Gasteiger partial charge in [-0.05, 0) is 36.6 Å². The monoisotopic (exact) mass is 303 g/mol. The first kappa shape index (κ1) is 14.9. The zero-order valence-electron chi connectivity index (χ0n) is 10.6. The van der Waals surface area contributed by atoms with Gasteiger partial charge in [0, 0.05) is 6.42 Å². The predicted molar refractivity (Wildman–Crippen MR) is 70.6 cm³/mol. The molecule has 0 radical (unpaired) electrons. The third kappa shape index (κ3) is 3.33. The van der Waals surface area contributed by atoms with Crippen LogP contribution >= 0.6 is 11.9 Å². The molecule has 1 aliphatic rings. The topological polar surface area (TPSA) is 38.7 Å². The van der Waals surface area contributed by atoms with Crippen molar-refractivity contribution in [3.05, 3.63) is 35.4 Å². The minimum absolute atomic E-state index is 0.297. The Morgan fingerprint density at radius 2 is 2.05 bits per heavy atom. The van der Waals surface area contributed by atoms with Gasteiger partial charge in [0.15, 0.2) is 0 Å². The quantitative estimate of drug-likeness (QED) is 0.634. The van der Waals surface area contributed by atoms with Gasteiger partial charge in [0.05, 0.1) is 17.9 Å². The van der Waals surface area contributed by atoms with Gasteiger partial charge in [-0.1, -0.05) is 12.1 Å². The van der Waals surface area contributed by atoms with E-state index < -0.39 is 17.0 Å². The zero-order valence-corrected chi connectivity index (χ0v) is 11.4.